The second-order valence-electron chi connectivity index (χ2n) is 8.38. The van der Waals surface area contributed by atoms with E-state index in [4.69, 9.17) is 0 Å². The molecule has 2 heteroatoms. The molecule has 0 fully saturated rings. The molecule has 4 aromatic carbocycles. The molecule has 4 rings (SSSR count). The molecule has 0 nitrogen and oxygen atoms in total. The molecule has 4 aromatic rings. The van der Waals surface area contributed by atoms with E-state index in [1.54, 1.807) is 24.3 Å². The average Bonchev–Trinajstić information content (AvgIpc) is 2.87. The lowest BCUT2D eigenvalue weighted by molar-refractivity contribution is 0.627. The van der Waals surface area contributed by atoms with E-state index in [0.29, 0.717) is 16.5 Å². The van der Waals surface area contributed by atoms with E-state index in [0.717, 1.165) is 22.9 Å². The number of hydrogen-bond donors (Lipinski definition) is 0. The molecule has 0 N–H and O–H groups in total. The van der Waals surface area contributed by atoms with Crippen LogP contribution in [0.3, 0.4) is 0 Å². The van der Waals surface area contributed by atoms with Crippen LogP contribution in [0.4, 0.5) is 8.78 Å². The average molecular weight is 449 g/mol. The van der Waals surface area contributed by atoms with Gasteiger partial charge in [0.15, 0.2) is 0 Å². The van der Waals surface area contributed by atoms with Gasteiger partial charge in [0.05, 0.1) is 5.56 Å². The quantitative estimate of drug-likeness (QED) is 0.214. The largest absolute Gasteiger partial charge is 0.207 e. The van der Waals surface area contributed by atoms with Gasteiger partial charge in [0.2, 0.25) is 0 Å². The Morgan fingerprint density at radius 2 is 1.26 bits per heavy atom. The Morgan fingerprint density at radius 3 is 2.00 bits per heavy atom. The lowest BCUT2D eigenvalue weighted by Crippen LogP contribution is -1.88. The fourth-order valence-corrected chi connectivity index (χ4v) is 3.79. The summed E-state index contributed by atoms with van der Waals surface area (Å²) in [4.78, 5) is 0. The van der Waals surface area contributed by atoms with Crippen LogP contribution in [0.1, 0.15) is 60.4 Å². The number of hydrogen-bond acceptors (Lipinski definition) is 0. The van der Waals surface area contributed by atoms with Crippen molar-refractivity contribution in [2.24, 2.45) is 0 Å². The minimum atomic E-state index is -0.360. The highest BCUT2D eigenvalue weighted by molar-refractivity contribution is 5.86. The summed E-state index contributed by atoms with van der Waals surface area (Å²) in [6.45, 7) is 2.23. The van der Waals surface area contributed by atoms with Gasteiger partial charge in [-0.15, -0.1) is 0 Å². The maximum atomic E-state index is 15.0. The molecule has 0 amide bonds. The van der Waals surface area contributed by atoms with Gasteiger partial charge in [-0.05, 0) is 78.4 Å². The van der Waals surface area contributed by atoms with Crippen molar-refractivity contribution < 1.29 is 8.78 Å². The molecule has 0 heterocycles. The zero-order valence-corrected chi connectivity index (χ0v) is 19.3. The zero-order valence-electron chi connectivity index (χ0n) is 19.3. The second-order valence-corrected chi connectivity index (χ2v) is 8.38. The van der Waals surface area contributed by atoms with Crippen molar-refractivity contribution in [1.29, 1.82) is 0 Å². The van der Waals surface area contributed by atoms with Crippen molar-refractivity contribution in [3.63, 3.8) is 0 Å². The molecule has 0 aromatic heterocycles. The third kappa shape index (κ3) is 6.12. The predicted molar refractivity (Wildman–Crippen MR) is 137 cm³/mol. The van der Waals surface area contributed by atoms with Crippen LogP contribution < -0.4 is 0 Å². The molecule has 0 spiro atoms. The molecular weight excluding hydrogens is 422 g/mol. The summed E-state index contributed by atoms with van der Waals surface area (Å²) < 4.78 is 28.0. The van der Waals surface area contributed by atoms with Crippen LogP contribution in [0.15, 0.2) is 78.9 Å². The summed E-state index contributed by atoms with van der Waals surface area (Å²) in [6, 6.07) is 23.3. The van der Waals surface area contributed by atoms with Crippen LogP contribution >= 0.6 is 0 Å². The lowest BCUT2D eigenvalue weighted by atomic mass is 10.0. The van der Waals surface area contributed by atoms with Crippen molar-refractivity contribution in [3.05, 3.63) is 118 Å². The summed E-state index contributed by atoms with van der Waals surface area (Å²) in [5.41, 5.74) is 4.10. The van der Waals surface area contributed by atoms with Crippen LogP contribution in [0.2, 0.25) is 0 Å². The van der Waals surface area contributed by atoms with E-state index in [1.165, 1.54) is 43.4 Å². The minimum absolute atomic E-state index is 0.311. The number of benzene rings is 4. The third-order valence-electron chi connectivity index (χ3n) is 5.76. The first-order chi connectivity index (χ1) is 16.6. The van der Waals surface area contributed by atoms with Crippen molar-refractivity contribution >= 4 is 10.8 Å². The molecule has 0 unspecified atom stereocenters. The van der Waals surface area contributed by atoms with E-state index in [-0.39, 0.29) is 11.6 Å². The highest BCUT2D eigenvalue weighted by atomic mass is 19.1. The van der Waals surface area contributed by atoms with Crippen LogP contribution in [-0.2, 0) is 6.42 Å². The topological polar surface area (TPSA) is 0 Å². The van der Waals surface area contributed by atoms with Gasteiger partial charge < -0.3 is 0 Å². The molecule has 168 valence electrons. The van der Waals surface area contributed by atoms with Crippen LogP contribution in [0, 0.1) is 35.3 Å². The highest BCUT2D eigenvalue weighted by Gasteiger charge is 2.06. The number of halogens is 2. The summed E-state index contributed by atoms with van der Waals surface area (Å²) in [5, 5.41) is 1.28. The van der Waals surface area contributed by atoms with Crippen molar-refractivity contribution in [2.75, 3.05) is 0 Å². The van der Waals surface area contributed by atoms with Crippen molar-refractivity contribution in [2.45, 2.75) is 39.0 Å². The molecule has 0 bridgehead atoms. The maximum absolute atomic E-state index is 15.0. The van der Waals surface area contributed by atoms with Gasteiger partial charge in [-0.1, -0.05) is 74.1 Å². The number of fused-ring (bicyclic) bond motifs is 1. The van der Waals surface area contributed by atoms with Crippen molar-refractivity contribution in [1.82, 2.24) is 0 Å². The van der Waals surface area contributed by atoms with Crippen LogP contribution in [0.25, 0.3) is 10.8 Å². The first-order valence-electron chi connectivity index (χ1n) is 11.7. The first-order valence-corrected chi connectivity index (χ1v) is 11.7. The van der Waals surface area contributed by atoms with Crippen LogP contribution in [-0.4, -0.2) is 0 Å². The normalized spacial score (nSPS) is 10.3. The van der Waals surface area contributed by atoms with E-state index >= 15 is 0 Å². The zero-order chi connectivity index (χ0) is 23.8. The summed E-state index contributed by atoms with van der Waals surface area (Å²) in [6.07, 6.45) is 6.17. The van der Waals surface area contributed by atoms with Gasteiger partial charge >= 0.3 is 0 Å². The van der Waals surface area contributed by atoms with Gasteiger partial charge in [-0.25, -0.2) is 8.78 Å². The molecule has 0 saturated heterocycles. The highest BCUT2D eigenvalue weighted by Crippen LogP contribution is 2.22. The molecule has 0 aliphatic carbocycles. The fraction of sp³-hybridized carbons (Fsp3) is 0.188. The van der Waals surface area contributed by atoms with E-state index in [2.05, 4.69) is 54.9 Å². The Hall–Kier alpha value is -3.88. The van der Waals surface area contributed by atoms with Gasteiger partial charge in [-0.3, -0.25) is 0 Å². The number of unbranched alkanes of at least 4 members (excludes halogenated alkanes) is 3. The maximum Gasteiger partial charge on any atom is 0.146 e. The molecule has 0 atom stereocenters. The summed E-state index contributed by atoms with van der Waals surface area (Å²) in [5.74, 6) is 11.4. The number of aryl methyl sites for hydroxylation is 1. The predicted octanol–water partition coefficient (Wildman–Crippen LogP) is 8.04. The lowest BCUT2D eigenvalue weighted by Gasteiger charge is -2.03. The van der Waals surface area contributed by atoms with Gasteiger partial charge in [0, 0.05) is 22.1 Å². The first kappa shape index (κ1) is 23.3. The molecular formula is C32H26F2. The van der Waals surface area contributed by atoms with Gasteiger partial charge in [0.1, 0.15) is 11.6 Å². The van der Waals surface area contributed by atoms with E-state index in [1.807, 2.05) is 18.2 Å². The third-order valence-corrected chi connectivity index (χ3v) is 5.76. The summed E-state index contributed by atoms with van der Waals surface area (Å²) >= 11 is 0. The number of rotatable bonds is 5. The molecule has 0 aliphatic rings. The second kappa shape index (κ2) is 11.3. The molecule has 0 saturated carbocycles. The smallest absolute Gasteiger partial charge is 0.146 e. The van der Waals surface area contributed by atoms with Crippen molar-refractivity contribution in [3.8, 4) is 23.7 Å². The van der Waals surface area contributed by atoms with E-state index in [9.17, 15) is 8.78 Å². The Bertz CT molecular complexity index is 1390. The summed E-state index contributed by atoms with van der Waals surface area (Å²) in [7, 11) is 0. The SMILES string of the molecule is CCCCCCc1ccc(C#Cc2ccc3c(F)c(C#Cc4ccc(F)cc4)ccc3c2)cc1. The molecule has 34 heavy (non-hydrogen) atoms. The Kier molecular flexibility index (Phi) is 7.75. The fourth-order valence-electron chi connectivity index (χ4n) is 3.79. The monoisotopic (exact) mass is 448 g/mol. The Balaban J connectivity index is 1.48. The van der Waals surface area contributed by atoms with E-state index < -0.39 is 0 Å². The Morgan fingerprint density at radius 1 is 0.618 bits per heavy atom. The molecule has 0 aliphatic heterocycles. The van der Waals surface area contributed by atoms with Crippen LogP contribution in [0.5, 0.6) is 0 Å². The molecule has 0 radical (unpaired) electrons. The standard InChI is InChI=1S/C32H26F2/c1-2-3-4-5-6-24-7-9-25(10-8-24)11-12-27-16-22-31-29(23-27)19-18-28(32(31)34)17-13-26-14-20-30(33)21-15-26/h7-10,14-16,18-23H,2-6H2,1H3. The van der Waals surface area contributed by atoms with Gasteiger partial charge in [0.25, 0.3) is 0 Å². The Labute approximate surface area is 200 Å². The minimum Gasteiger partial charge on any atom is -0.207 e. The van der Waals surface area contributed by atoms with Gasteiger partial charge in [-0.2, -0.15) is 0 Å².